The highest BCUT2D eigenvalue weighted by Gasteiger charge is 2.32. The average molecular weight is 521 g/mol. The highest BCUT2D eigenvalue weighted by Crippen LogP contribution is 2.31. The van der Waals surface area contributed by atoms with Gasteiger partial charge < -0.3 is 19.7 Å². The second-order valence-corrected chi connectivity index (χ2v) is 9.99. The zero-order valence-corrected chi connectivity index (χ0v) is 20.9. The second-order valence-electron chi connectivity index (χ2n) is 8.76. The number of carbonyl (C=O) groups is 1. The number of hydrogen-bond acceptors (Lipinski definition) is 7. The number of ether oxygens (including phenoxy) is 2. The number of likely N-dealkylation sites (N-methyl/N-ethyl adjacent to an activating group) is 1. The minimum absolute atomic E-state index is 0.0843. The third-order valence-corrected chi connectivity index (χ3v) is 6.70. The highest BCUT2D eigenvalue weighted by atomic mass is 32.1. The SMILES string of the molecule is Cc1cnc(-c2cc(OC[C@@H]3CN(C)CCO3)cc(C(=O)NC(C)c3ccc(C(F)(F)F)nc3)c2)s1. The Bertz CT molecular complexity index is 1200. The van der Waals surface area contributed by atoms with Crippen molar-refractivity contribution in [3.63, 3.8) is 0 Å². The lowest BCUT2D eigenvalue weighted by molar-refractivity contribution is -0.141. The summed E-state index contributed by atoms with van der Waals surface area (Å²) in [4.78, 5) is 24.2. The lowest BCUT2D eigenvalue weighted by Crippen LogP contribution is -2.42. The molecule has 2 aromatic heterocycles. The Morgan fingerprint density at radius 2 is 2.08 bits per heavy atom. The summed E-state index contributed by atoms with van der Waals surface area (Å²) in [5.41, 5.74) is 0.564. The molecule has 1 aliphatic heterocycles. The van der Waals surface area contributed by atoms with E-state index in [4.69, 9.17) is 9.47 Å². The Balaban J connectivity index is 1.52. The lowest BCUT2D eigenvalue weighted by atomic mass is 10.1. The number of nitrogens with zero attached hydrogens (tertiary/aromatic N) is 3. The highest BCUT2D eigenvalue weighted by molar-refractivity contribution is 7.14. The Morgan fingerprint density at radius 1 is 1.28 bits per heavy atom. The van der Waals surface area contributed by atoms with Crippen LogP contribution in [0, 0.1) is 6.92 Å². The molecule has 36 heavy (non-hydrogen) atoms. The van der Waals surface area contributed by atoms with Crippen molar-refractivity contribution in [3.8, 4) is 16.3 Å². The van der Waals surface area contributed by atoms with E-state index in [1.54, 1.807) is 25.3 Å². The molecule has 0 saturated carbocycles. The van der Waals surface area contributed by atoms with Gasteiger partial charge in [-0.15, -0.1) is 11.3 Å². The summed E-state index contributed by atoms with van der Waals surface area (Å²) in [5, 5.41) is 3.58. The number of rotatable bonds is 7. The summed E-state index contributed by atoms with van der Waals surface area (Å²) < 4.78 is 50.2. The molecule has 1 saturated heterocycles. The summed E-state index contributed by atoms with van der Waals surface area (Å²) in [5.74, 6) is 0.113. The largest absolute Gasteiger partial charge is 0.491 e. The predicted molar refractivity (Wildman–Crippen MR) is 130 cm³/mol. The summed E-state index contributed by atoms with van der Waals surface area (Å²) in [7, 11) is 2.02. The minimum Gasteiger partial charge on any atom is -0.491 e. The van der Waals surface area contributed by atoms with Crippen LogP contribution in [-0.2, 0) is 10.9 Å². The van der Waals surface area contributed by atoms with Crippen LogP contribution in [0.15, 0.2) is 42.7 Å². The van der Waals surface area contributed by atoms with Crippen LogP contribution in [0.3, 0.4) is 0 Å². The molecule has 2 atom stereocenters. The quantitative estimate of drug-likeness (QED) is 0.485. The van der Waals surface area contributed by atoms with Crippen molar-refractivity contribution in [2.45, 2.75) is 32.2 Å². The van der Waals surface area contributed by atoms with Gasteiger partial charge in [-0.25, -0.2) is 4.98 Å². The number of pyridine rings is 1. The van der Waals surface area contributed by atoms with Crippen LogP contribution >= 0.6 is 11.3 Å². The van der Waals surface area contributed by atoms with Gasteiger partial charge in [0.15, 0.2) is 0 Å². The number of carbonyl (C=O) groups excluding carboxylic acids is 1. The van der Waals surface area contributed by atoms with Crippen LogP contribution in [0.4, 0.5) is 13.2 Å². The number of thiazole rings is 1. The molecule has 3 aromatic rings. The fourth-order valence-corrected chi connectivity index (χ4v) is 4.53. The zero-order valence-electron chi connectivity index (χ0n) is 20.1. The topological polar surface area (TPSA) is 76.6 Å². The van der Waals surface area contributed by atoms with Gasteiger partial charge in [0.1, 0.15) is 29.2 Å². The number of morpholine rings is 1. The standard InChI is InChI=1S/C25H27F3N4O3S/c1-15-11-30-24(36-15)19-8-18(9-20(10-19)35-14-21-13-32(3)6-7-34-21)23(33)31-16(2)17-4-5-22(29-12-17)25(26,27)28/h4-5,8-12,16,21H,6-7,13-14H2,1-3H3,(H,31,33)/t16?,21-/m0/s1. The van der Waals surface area contributed by atoms with Gasteiger partial charge in [0, 0.05) is 41.5 Å². The van der Waals surface area contributed by atoms with Crippen LogP contribution in [0.5, 0.6) is 5.75 Å². The van der Waals surface area contributed by atoms with E-state index < -0.39 is 23.8 Å². The van der Waals surface area contributed by atoms with E-state index in [2.05, 4.69) is 20.2 Å². The number of aryl methyl sites for hydroxylation is 1. The Morgan fingerprint density at radius 3 is 2.72 bits per heavy atom. The molecule has 1 aliphatic rings. The molecule has 0 bridgehead atoms. The monoisotopic (exact) mass is 520 g/mol. The Hall–Kier alpha value is -3.02. The number of aromatic nitrogens is 2. The number of hydrogen-bond donors (Lipinski definition) is 1. The lowest BCUT2D eigenvalue weighted by Gasteiger charge is -2.29. The third kappa shape index (κ3) is 6.59. The van der Waals surface area contributed by atoms with Gasteiger partial charge in [0.25, 0.3) is 5.91 Å². The number of nitrogens with one attached hydrogen (secondary N) is 1. The van der Waals surface area contributed by atoms with Crippen LogP contribution in [0.1, 0.15) is 39.5 Å². The molecule has 7 nitrogen and oxygen atoms in total. The van der Waals surface area contributed by atoms with Gasteiger partial charge in [-0.05, 0) is 50.7 Å². The smallest absolute Gasteiger partial charge is 0.433 e. The van der Waals surface area contributed by atoms with Crippen molar-refractivity contribution < 1.29 is 27.4 Å². The van der Waals surface area contributed by atoms with Gasteiger partial charge in [0.05, 0.1) is 12.6 Å². The molecule has 1 N–H and O–H groups in total. The summed E-state index contributed by atoms with van der Waals surface area (Å²) in [6, 6.07) is 6.86. The van der Waals surface area contributed by atoms with Gasteiger partial charge in [-0.3, -0.25) is 9.78 Å². The molecule has 0 radical (unpaired) electrons. The summed E-state index contributed by atoms with van der Waals surface area (Å²) in [6.07, 6.45) is -1.72. The molecule has 0 aliphatic carbocycles. The maximum atomic E-state index is 13.1. The van der Waals surface area contributed by atoms with E-state index in [0.29, 0.717) is 30.1 Å². The van der Waals surface area contributed by atoms with Crippen molar-refractivity contribution in [2.24, 2.45) is 0 Å². The Labute approximate surface area is 211 Å². The fourth-order valence-electron chi connectivity index (χ4n) is 3.77. The fraction of sp³-hybridized carbons (Fsp3) is 0.400. The molecule has 0 spiro atoms. The van der Waals surface area contributed by atoms with Gasteiger partial charge in [-0.1, -0.05) is 6.07 Å². The van der Waals surface area contributed by atoms with E-state index in [1.807, 2.05) is 20.0 Å². The van der Waals surface area contributed by atoms with Crippen LogP contribution in [-0.4, -0.2) is 60.2 Å². The molecule has 192 valence electrons. The van der Waals surface area contributed by atoms with Crippen molar-refractivity contribution in [3.05, 3.63) is 64.4 Å². The second kappa shape index (κ2) is 10.9. The van der Waals surface area contributed by atoms with Crippen LogP contribution in [0.25, 0.3) is 10.6 Å². The molecule has 4 rings (SSSR count). The minimum atomic E-state index is -4.52. The first-order valence-corrected chi connectivity index (χ1v) is 12.2. The van der Waals surface area contributed by atoms with Crippen molar-refractivity contribution in [1.29, 1.82) is 0 Å². The normalized spacial score (nSPS) is 17.6. The molecule has 1 aromatic carbocycles. The van der Waals surface area contributed by atoms with E-state index in [9.17, 15) is 18.0 Å². The summed E-state index contributed by atoms with van der Waals surface area (Å²) >= 11 is 1.50. The third-order valence-electron chi connectivity index (χ3n) is 5.74. The van der Waals surface area contributed by atoms with Crippen molar-refractivity contribution in [1.82, 2.24) is 20.2 Å². The first-order valence-electron chi connectivity index (χ1n) is 11.4. The van der Waals surface area contributed by atoms with Gasteiger partial charge >= 0.3 is 6.18 Å². The summed E-state index contributed by atoms with van der Waals surface area (Å²) in [6.45, 7) is 6.22. The number of alkyl halides is 3. The molecule has 1 amide bonds. The van der Waals surface area contributed by atoms with Gasteiger partial charge in [-0.2, -0.15) is 13.2 Å². The molecular formula is C25H27F3N4O3S. The maximum Gasteiger partial charge on any atom is 0.433 e. The maximum absolute atomic E-state index is 13.1. The van der Waals surface area contributed by atoms with E-state index >= 15 is 0 Å². The van der Waals surface area contributed by atoms with E-state index in [1.165, 1.54) is 17.4 Å². The Kier molecular flexibility index (Phi) is 7.91. The van der Waals surface area contributed by atoms with Crippen molar-refractivity contribution in [2.75, 3.05) is 33.4 Å². The predicted octanol–water partition coefficient (Wildman–Crippen LogP) is 4.73. The van der Waals surface area contributed by atoms with E-state index in [0.717, 1.165) is 40.8 Å². The molecule has 1 fully saturated rings. The van der Waals surface area contributed by atoms with Crippen LogP contribution in [0.2, 0.25) is 0 Å². The molecule has 3 heterocycles. The number of amides is 1. The number of halogens is 3. The average Bonchev–Trinajstić information content (AvgIpc) is 3.28. The molecule has 11 heteroatoms. The molecular weight excluding hydrogens is 493 g/mol. The van der Waals surface area contributed by atoms with Crippen molar-refractivity contribution >= 4 is 17.2 Å². The van der Waals surface area contributed by atoms with Crippen LogP contribution < -0.4 is 10.1 Å². The van der Waals surface area contributed by atoms with Gasteiger partial charge in [0.2, 0.25) is 0 Å². The first-order chi connectivity index (χ1) is 17.1. The molecule has 1 unspecified atom stereocenters. The van der Waals surface area contributed by atoms with E-state index in [-0.39, 0.29) is 6.10 Å². The first kappa shape index (κ1) is 26.1. The number of benzene rings is 1. The zero-order chi connectivity index (χ0) is 25.9.